The number of hydrogen-bond acceptors (Lipinski definition) is 11. The van der Waals surface area contributed by atoms with Crippen molar-refractivity contribution in [2.45, 2.75) is 191 Å². The molecule has 1 fully saturated rings. The third kappa shape index (κ3) is 26.0. The van der Waals surface area contributed by atoms with Crippen molar-refractivity contribution in [3.8, 4) is 0 Å². The Bertz CT molecular complexity index is 1100. The van der Waals surface area contributed by atoms with E-state index >= 15 is 0 Å². The molecule has 6 atom stereocenters. The van der Waals surface area contributed by atoms with Crippen LogP contribution in [0.25, 0.3) is 0 Å². The van der Waals surface area contributed by atoms with Crippen LogP contribution in [0.1, 0.15) is 149 Å². The minimum Gasteiger partial charge on any atom is -0.457 e. The number of rotatable bonds is 34. The summed E-state index contributed by atoms with van der Waals surface area (Å²) in [6.07, 6.45) is 26.2. The summed E-state index contributed by atoms with van der Waals surface area (Å²) < 4.78 is 34.0. The molecular formula is C42H75O12P. The number of allylic oxidation sites excluding steroid dienone is 8. The predicted octanol–water partition coefficient (Wildman–Crippen LogP) is 7.69. The molecule has 13 heteroatoms. The monoisotopic (exact) mass is 802 g/mol. The van der Waals surface area contributed by atoms with Crippen molar-refractivity contribution in [3.05, 3.63) is 48.6 Å². The summed E-state index contributed by atoms with van der Waals surface area (Å²) in [4.78, 5) is 23.0. The van der Waals surface area contributed by atoms with Crippen molar-refractivity contribution in [2.75, 3.05) is 19.8 Å². The lowest BCUT2D eigenvalue weighted by Gasteiger charge is -2.41. The van der Waals surface area contributed by atoms with Gasteiger partial charge in [-0.1, -0.05) is 140 Å². The van der Waals surface area contributed by atoms with Gasteiger partial charge in [-0.25, -0.2) is 4.57 Å². The highest BCUT2D eigenvalue weighted by atomic mass is 31.2. The van der Waals surface area contributed by atoms with Gasteiger partial charge in [0.1, 0.15) is 42.7 Å². The second-order valence-corrected chi connectivity index (χ2v) is 15.9. The molecule has 0 radical (unpaired) electrons. The molecule has 0 aromatic carbocycles. The molecule has 1 saturated carbocycles. The van der Waals surface area contributed by atoms with Gasteiger partial charge in [-0.15, -0.1) is 0 Å². The van der Waals surface area contributed by atoms with E-state index < -0.39 is 63.1 Å². The zero-order valence-electron chi connectivity index (χ0n) is 33.7. The predicted molar refractivity (Wildman–Crippen MR) is 216 cm³/mol. The van der Waals surface area contributed by atoms with Crippen molar-refractivity contribution in [1.82, 2.24) is 0 Å². The summed E-state index contributed by atoms with van der Waals surface area (Å²) in [5.74, 6) is -0.518. The molecule has 0 spiro atoms. The van der Waals surface area contributed by atoms with E-state index in [9.17, 15) is 39.8 Å². The minimum atomic E-state index is -5.02. The van der Waals surface area contributed by atoms with Crippen molar-refractivity contribution in [1.29, 1.82) is 0 Å². The number of esters is 1. The molecule has 1 rings (SSSR count). The van der Waals surface area contributed by atoms with Gasteiger partial charge in [0.2, 0.25) is 0 Å². The Hall–Kier alpha value is -1.70. The van der Waals surface area contributed by atoms with Gasteiger partial charge in [-0.3, -0.25) is 13.8 Å². The molecule has 1 aliphatic carbocycles. The summed E-state index contributed by atoms with van der Waals surface area (Å²) in [6, 6.07) is 0. The maximum atomic E-state index is 12.8. The number of phosphoric acid groups is 1. The number of carbonyl (C=O) groups is 1. The first-order chi connectivity index (χ1) is 26.5. The van der Waals surface area contributed by atoms with Crippen LogP contribution in [0.2, 0.25) is 0 Å². The summed E-state index contributed by atoms with van der Waals surface area (Å²) in [5, 5.41) is 50.0. The highest BCUT2D eigenvalue weighted by Gasteiger charge is 2.51. The fraction of sp³-hybridized carbons (Fsp3) is 0.786. The smallest absolute Gasteiger partial charge is 0.457 e. The molecule has 0 amide bonds. The van der Waals surface area contributed by atoms with E-state index in [0.29, 0.717) is 13.0 Å². The molecule has 6 unspecified atom stereocenters. The molecule has 55 heavy (non-hydrogen) atoms. The van der Waals surface area contributed by atoms with E-state index in [1.807, 2.05) is 0 Å². The van der Waals surface area contributed by atoms with Crippen LogP contribution in [0.4, 0.5) is 0 Å². The molecule has 0 saturated heterocycles. The average molecular weight is 803 g/mol. The lowest BCUT2D eigenvalue weighted by molar-refractivity contribution is -0.220. The van der Waals surface area contributed by atoms with Gasteiger partial charge < -0.3 is 39.9 Å². The zero-order chi connectivity index (χ0) is 40.6. The first-order valence-electron chi connectivity index (χ1n) is 21.0. The molecule has 0 bridgehead atoms. The molecule has 320 valence electrons. The first-order valence-corrected chi connectivity index (χ1v) is 22.5. The van der Waals surface area contributed by atoms with Gasteiger partial charge in [0, 0.05) is 13.0 Å². The van der Waals surface area contributed by atoms with E-state index in [1.165, 1.54) is 64.2 Å². The largest absolute Gasteiger partial charge is 0.472 e. The van der Waals surface area contributed by atoms with Crippen LogP contribution < -0.4 is 0 Å². The standard InChI is InChI=1S/C42H75O12P/c1-3-5-7-9-11-13-15-17-18-19-21-23-25-27-29-31-36(43)53-35(33-51-32-30-28-26-24-22-20-16-14-12-10-8-6-4-2)34-52-55(49,50)54-42-40(47)38(45)37(44)39(46)41(42)48/h5,7,11,13,17-18,21,23,35,37-42,44-48H,3-4,6,8-10,12,14-16,19-20,22,24-34H2,1-2H3,(H,49,50)/b7-5-,13-11-,18-17-,23-21-. The summed E-state index contributed by atoms with van der Waals surface area (Å²) >= 11 is 0. The maximum absolute atomic E-state index is 12.8. The molecule has 0 aromatic heterocycles. The van der Waals surface area contributed by atoms with Gasteiger partial charge in [0.15, 0.2) is 0 Å². The highest BCUT2D eigenvalue weighted by Crippen LogP contribution is 2.47. The van der Waals surface area contributed by atoms with Crippen LogP contribution in [0.15, 0.2) is 48.6 Å². The van der Waals surface area contributed by atoms with E-state index in [2.05, 4.69) is 62.5 Å². The lowest BCUT2D eigenvalue weighted by atomic mass is 9.85. The Morgan fingerprint density at radius 1 is 0.600 bits per heavy atom. The molecule has 0 aromatic rings. The van der Waals surface area contributed by atoms with Crippen LogP contribution >= 0.6 is 7.82 Å². The third-order valence-electron chi connectivity index (χ3n) is 9.47. The fourth-order valence-corrected chi connectivity index (χ4v) is 7.08. The van der Waals surface area contributed by atoms with Crippen molar-refractivity contribution < 1.29 is 58.3 Å². The molecule has 0 aliphatic heterocycles. The van der Waals surface area contributed by atoms with Crippen molar-refractivity contribution in [2.24, 2.45) is 0 Å². The lowest BCUT2D eigenvalue weighted by Crippen LogP contribution is -2.64. The normalized spacial score (nSPS) is 23.7. The van der Waals surface area contributed by atoms with Crippen LogP contribution in [-0.4, -0.2) is 98.9 Å². The Morgan fingerprint density at radius 2 is 1.07 bits per heavy atom. The second-order valence-electron chi connectivity index (χ2n) is 14.5. The van der Waals surface area contributed by atoms with Crippen LogP contribution in [0.3, 0.4) is 0 Å². The summed E-state index contributed by atoms with van der Waals surface area (Å²) in [7, 11) is -5.02. The molecule has 12 nitrogen and oxygen atoms in total. The van der Waals surface area contributed by atoms with Gasteiger partial charge in [0.05, 0.1) is 13.2 Å². The summed E-state index contributed by atoms with van der Waals surface area (Å²) in [5.41, 5.74) is 0. The number of aliphatic hydroxyl groups excluding tert-OH is 5. The Labute approximate surface area is 331 Å². The van der Waals surface area contributed by atoms with Crippen molar-refractivity contribution >= 4 is 13.8 Å². The van der Waals surface area contributed by atoms with Gasteiger partial charge in [0.25, 0.3) is 0 Å². The topological polar surface area (TPSA) is 192 Å². The second kappa shape index (κ2) is 33.3. The minimum absolute atomic E-state index is 0.0930. The van der Waals surface area contributed by atoms with Crippen LogP contribution in [0.5, 0.6) is 0 Å². The van der Waals surface area contributed by atoms with Crippen LogP contribution in [0, 0.1) is 0 Å². The fourth-order valence-electron chi connectivity index (χ4n) is 6.11. The Kier molecular flexibility index (Phi) is 31.1. The molecule has 0 heterocycles. The van der Waals surface area contributed by atoms with Gasteiger partial charge in [-0.2, -0.15) is 0 Å². The van der Waals surface area contributed by atoms with Gasteiger partial charge >= 0.3 is 13.8 Å². The Balaban J connectivity index is 2.48. The van der Waals surface area contributed by atoms with E-state index in [4.69, 9.17) is 18.5 Å². The molecule has 6 N–H and O–H groups in total. The first kappa shape index (κ1) is 51.3. The quantitative estimate of drug-likeness (QED) is 0.0161. The highest BCUT2D eigenvalue weighted by molar-refractivity contribution is 7.47. The number of aliphatic hydroxyl groups is 5. The number of phosphoric ester groups is 1. The zero-order valence-corrected chi connectivity index (χ0v) is 34.6. The SMILES string of the molecule is CC/C=C\C/C=C\C/C=C\C/C=C\CCCCC(=O)OC(COCCCCCCCCCCCCCCC)COP(=O)(O)OC1C(O)C(O)C(O)C(O)C1O. The number of carbonyl (C=O) groups excluding carboxylic acids is 1. The maximum Gasteiger partial charge on any atom is 0.472 e. The third-order valence-corrected chi connectivity index (χ3v) is 10.5. The average Bonchev–Trinajstić information content (AvgIpc) is 3.17. The van der Waals surface area contributed by atoms with E-state index in [-0.39, 0.29) is 13.0 Å². The van der Waals surface area contributed by atoms with Gasteiger partial charge in [-0.05, 0) is 51.4 Å². The number of hydrogen-bond donors (Lipinski definition) is 6. The summed E-state index contributed by atoms with van der Waals surface area (Å²) in [6.45, 7) is 4.08. The van der Waals surface area contributed by atoms with E-state index in [1.54, 1.807) is 0 Å². The number of ether oxygens (including phenoxy) is 2. The molecular weight excluding hydrogens is 727 g/mol. The number of unbranched alkanes of at least 4 members (excludes halogenated alkanes) is 14. The Morgan fingerprint density at radius 3 is 1.60 bits per heavy atom. The van der Waals surface area contributed by atoms with E-state index in [0.717, 1.165) is 57.8 Å². The van der Waals surface area contributed by atoms with Crippen molar-refractivity contribution in [3.63, 3.8) is 0 Å². The molecule has 1 aliphatic rings. The van der Waals surface area contributed by atoms with Crippen LogP contribution in [-0.2, 0) is 27.9 Å².